The van der Waals surface area contributed by atoms with Crippen molar-refractivity contribution in [2.75, 3.05) is 11.4 Å². The third kappa shape index (κ3) is 3.10. The zero-order valence-corrected chi connectivity index (χ0v) is 15.3. The number of aromatic amines is 1. The molecule has 3 heterocycles. The number of amides is 1. The first-order valence-corrected chi connectivity index (χ1v) is 9.15. The van der Waals surface area contributed by atoms with Gasteiger partial charge in [0.05, 0.1) is 11.1 Å². The monoisotopic (exact) mass is 413 g/mol. The summed E-state index contributed by atoms with van der Waals surface area (Å²) in [5.41, 5.74) is 0.713. The summed E-state index contributed by atoms with van der Waals surface area (Å²) < 4.78 is 44.3. The minimum absolute atomic E-state index is 0.0799. The van der Waals surface area contributed by atoms with E-state index in [0.717, 1.165) is 23.0 Å². The molecule has 10 heteroatoms. The third-order valence-electron chi connectivity index (χ3n) is 5.09. The van der Waals surface area contributed by atoms with Gasteiger partial charge < -0.3 is 9.42 Å². The Labute approximate surface area is 167 Å². The molecule has 0 saturated carbocycles. The lowest BCUT2D eigenvalue weighted by molar-refractivity contribution is -0.137. The number of aromatic nitrogens is 4. The van der Waals surface area contributed by atoms with E-state index in [0.29, 0.717) is 11.5 Å². The van der Waals surface area contributed by atoms with Gasteiger partial charge in [-0.2, -0.15) is 23.3 Å². The van der Waals surface area contributed by atoms with Gasteiger partial charge in [-0.25, -0.2) is 0 Å². The zero-order valence-electron chi connectivity index (χ0n) is 15.3. The number of benzene rings is 2. The van der Waals surface area contributed by atoms with Crippen molar-refractivity contribution in [1.29, 1.82) is 0 Å². The molecule has 1 atom stereocenters. The van der Waals surface area contributed by atoms with Crippen LogP contribution in [-0.2, 0) is 11.0 Å². The maximum Gasteiger partial charge on any atom is 0.416 e. The van der Waals surface area contributed by atoms with Crippen LogP contribution in [0.1, 0.15) is 23.7 Å². The minimum Gasteiger partial charge on any atom is -0.332 e. The summed E-state index contributed by atoms with van der Waals surface area (Å²) in [5, 5.41) is 11.9. The quantitative estimate of drug-likeness (QED) is 0.545. The molecule has 0 bridgehead atoms. The predicted octanol–water partition coefficient (Wildman–Crippen LogP) is 4.15. The summed E-state index contributed by atoms with van der Waals surface area (Å²) in [7, 11) is 0. The van der Waals surface area contributed by atoms with Crippen molar-refractivity contribution in [1.82, 2.24) is 20.3 Å². The standard InChI is InChI=1S/C20H14F3N5O2/c21-20(22,23)12-4-3-5-13(9-12)28-10-11(8-16(28)29)18-24-19(30-27-18)17-14-6-1-2-7-15(14)25-26-17/h1-7,9,11H,8,10H2,(H,25,26). The van der Waals surface area contributed by atoms with Crippen LogP contribution in [0, 0.1) is 0 Å². The number of H-pyrrole nitrogens is 1. The molecule has 1 saturated heterocycles. The molecule has 1 aliphatic heterocycles. The lowest BCUT2D eigenvalue weighted by atomic mass is 10.1. The summed E-state index contributed by atoms with van der Waals surface area (Å²) in [4.78, 5) is 18.2. The number of carbonyl (C=O) groups excluding carboxylic acids is 1. The molecular formula is C20H14F3N5O2. The van der Waals surface area contributed by atoms with Crippen LogP contribution in [0.3, 0.4) is 0 Å². The van der Waals surface area contributed by atoms with Crippen LogP contribution in [0.5, 0.6) is 0 Å². The smallest absolute Gasteiger partial charge is 0.332 e. The van der Waals surface area contributed by atoms with Gasteiger partial charge in [0, 0.05) is 30.0 Å². The number of carbonyl (C=O) groups is 1. The zero-order chi connectivity index (χ0) is 20.9. The summed E-state index contributed by atoms with van der Waals surface area (Å²) in [6.07, 6.45) is -4.40. The average molecular weight is 413 g/mol. The molecule has 2 aromatic carbocycles. The van der Waals surface area contributed by atoms with Gasteiger partial charge in [0.25, 0.3) is 5.89 Å². The molecule has 152 valence electrons. The molecule has 2 aromatic heterocycles. The van der Waals surface area contributed by atoms with Gasteiger partial charge >= 0.3 is 6.18 Å². The van der Waals surface area contributed by atoms with E-state index in [1.807, 2.05) is 24.3 Å². The molecule has 0 aliphatic carbocycles. The fraction of sp³-hybridized carbons (Fsp3) is 0.200. The van der Waals surface area contributed by atoms with E-state index in [-0.39, 0.29) is 30.5 Å². The molecule has 0 spiro atoms. The summed E-state index contributed by atoms with van der Waals surface area (Å²) in [5.74, 6) is -0.155. The van der Waals surface area contributed by atoms with E-state index in [9.17, 15) is 18.0 Å². The molecule has 1 aliphatic rings. The first-order chi connectivity index (χ1) is 14.4. The first kappa shape index (κ1) is 18.3. The highest BCUT2D eigenvalue weighted by molar-refractivity contribution is 5.96. The van der Waals surface area contributed by atoms with Crippen molar-refractivity contribution in [3.05, 3.63) is 59.9 Å². The Balaban J connectivity index is 1.40. The van der Waals surface area contributed by atoms with Gasteiger partial charge in [-0.1, -0.05) is 29.4 Å². The van der Waals surface area contributed by atoms with Crippen molar-refractivity contribution in [2.24, 2.45) is 0 Å². The Bertz CT molecular complexity index is 1250. The number of fused-ring (bicyclic) bond motifs is 1. The van der Waals surface area contributed by atoms with E-state index < -0.39 is 17.7 Å². The molecule has 1 unspecified atom stereocenters. The second-order valence-corrected chi connectivity index (χ2v) is 7.03. The maximum atomic E-state index is 13.0. The molecule has 1 amide bonds. The number of hydrogen-bond acceptors (Lipinski definition) is 5. The normalized spacial score (nSPS) is 17.2. The van der Waals surface area contributed by atoms with Crippen molar-refractivity contribution in [3.63, 3.8) is 0 Å². The first-order valence-electron chi connectivity index (χ1n) is 9.15. The highest BCUT2D eigenvalue weighted by Gasteiger charge is 2.36. The van der Waals surface area contributed by atoms with Gasteiger partial charge in [-0.3, -0.25) is 9.89 Å². The van der Waals surface area contributed by atoms with Crippen molar-refractivity contribution in [3.8, 4) is 11.6 Å². The van der Waals surface area contributed by atoms with E-state index in [4.69, 9.17) is 4.52 Å². The van der Waals surface area contributed by atoms with Crippen LogP contribution in [0.25, 0.3) is 22.5 Å². The van der Waals surface area contributed by atoms with E-state index in [1.165, 1.54) is 17.0 Å². The second kappa shape index (κ2) is 6.68. The van der Waals surface area contributed by atoms with Crippen LogP contribution in [-0.4, -0.2) is 32.8 Å². The van der Waals surface area contributed by atoms with E-state index >= 15 is 0 Å². The second-order valence-electron chi connectivity index (χ2n) is 7.03. The summed E-state index contributed by atoms with van der Waals surface area (Å²) in [6, 6.07) is 12.2. The largest absolute Gasteiger partial charge is 0.416 e. The topological polar surface area (TPSA) is 87.9 Å². The van der Waals surface area contributed by atoms with E-state index in [2.05, 4.69) is 20.3 Å². The number of halogens is 3. The molecule has 5 rings (SSSR count). The number of alkyl halides is 3. The minimum atomic E-state index is -4.48. The van der Waals surface area contributed by atoms with E-state index in [1.54, 1.807) is 0 Å². The lowest BCUT2D eigenvalue weighted by Crippen LogP contribution is -2.24. The Hall–Kier alpha value is -3.69. The number of para-hydroxylation sites is 1. The lowest BCUT2D eigenvalue weighted by Gasteiger charge is -2.18. The van der Waals surface area contributed by atoms with Crippen LogP contribution >= 0.6 is 0 Å². The van der Waals surface area contributed by atoms with Crippen LogP contribution in [0.15, 0.2) is 53.1 Å². The fourth-order valence-electron chi connectivity index (χ4n) is 3.60. The Morgan fingerprint density at radius 3 is 2.80 bits per heavy atom. The van der Waals surface area contributed by atoms with Crippen LogP contribution in [0.4, 0.5) is 18.9 Å². The molecular weight excluding hydrogens is 399 g/mol. The van der Waals surface area contributed by atoms with Gasteiger partial charge in [-0.15, -0.1) is 0 Å². The number of nitrogens with zero attached hydrogens (tertiary/aromatic N) is 4. The van der Waals surface area contributed by atoms with Crippen LogP contribution in [0.2, 0.25) is 0 Å². The molecule has 4 aromatic rings. The Morgan fingerprint density at radius 2 is 1.97 bits per heavy atom. The predicted molar refractivity (Wildman–Crippen MR) is 101 cm³/mol. The number of hydrogen-bond donors (Lipinski definition) is 1. The van der Waals surface area contributed by atoms with Gasteiger partial charge in [0.15, 0.2) is 11.5 Å². The van der Waals surface area contributed by atoms with Gasteiger partial charge in [0.2, 0.25) is 5.91 Å². The Kier molecular flexibility index (Phi) is 4.09. The molecule has 0 radical (unpaired) electrons. The highest BCUT2D eigenvalue weighted by atomic mass is 19.4. The summed E-state index contributed by atoms with van der Waals surface area (Å²) >= 11 is 0. The molecule has 30 heavy (non-hydrogen) atoms. The summed E-state index contributed by atoms with van der Waals surface area (Å²) in [6.45, 7) is 0.167. The van der Waals surface area contributed by atoms with Gasteiger partial charge in [-0.05, 0) is 24.3 Å². The fourth-order valence-corrected chi connectivity index (χ4v) is 3.60. The highest BCUT2D eigenvalue weighted by Crippen LogP contribution is 2.35. The van der Waals surface area contributed by atoms with Crippen molar-refractivity contribution >= 4 is 22.5 Å². The number of anilines is 1. The van der Waals surface area contributed by atoms with Crippen molar-refractivity contribution < 1.29 is 22.5 Å². The average Bonchev–Trinajstić information content (AvgIpc) is 3.45. The molecule has 1 N–H and O–H groups in total. The van der Waals surface area contributed by atoms with Gasteiger partial charge in [0.1, 0.15) is 0 Å². The number of nitrogens with one attached hydrogen (secondary N) is 1. The Morgan fingerprint density at radius 1 is 1.13 bits per heavy atom. The SMILES string of the molecule is O=C1CC(c2noc(-c3n[nH]c4ccccc34)n2)CN1c1cccc(C(F)(F)F)c1. The van der Waals surface area contributed by atoms with Crippen molar-refractivity contribution in [2.45, 2.75) is 18.5 Å². The molecule has 7 nitrogen and oxygen atoms in total. The number of rotatable bonds is 3. The third-order valence-corrected chi connectivity index (χ3v) is 5.09. The maximum absolute atomic E-state index is 13.0. The molecule has 1 fully saturated rings. The van der Waals surface area contributed by atoms with Crippen LogP contribution < -0.4 is 4.90 Å².